The molecule has 0 aromatic carbocycles. The Morgan fingerprint density at radius 1 is 1.36 bits per heavy atom. The van der Waals surface area contributed by atoms with E-state index in [-0.39, 0.29) is 12.5 Å². The number of unbranched alkanes of at least 4 members (excludes halogenated alkanes) is 2. The van der Waals surface area contributed by atoms with E-state index in [0.717, 1.165) is 31.6 Å². The van der Waals surface area contributed by atoms with Crippen molar-refractivity contribution in [3.05, 3.63) is 0 Å². The summed E-state index contributed by atoms with van der Waals surface area (Å²) in [4.78, 5) is 13.2. The van der Waals surface area contributed by atoms with Gasteiger partial charge in [0.15, 0.2) is 0 Å². The molecule has 0 heterocycles. The minimum absolute atomic E-state index is 0.225. The first kappa shape index (κ1) is 13.8. The van der Waals surface area contributed by atoms with Gasteiger partial charge in [-0.25, -0.2) is 0 Å². The molecule has 0 bridgehead atoms. The monoisotopic (exact) mass is 219 g/mol. The van der Waals surface area contributed by atoms with Gasteiger partial charge in [-0.1, -0.05) is 0 Å². The van der Waals surface area contributed by atoms with Crippen molar-refractivity contribution in [3.63, 3.8) is 0 Å². The molecule has 0 atom stereocenters. The van der Waals surface area contributed by atoms with Crippen molar-refractivity contribution < 1.29 is 9.90 Å². The summed E-state index contributed by atoms with van der Waals surface area (Å²) in [6.45, 7) is 1.07. The number of carbonyl (C=O) groups excluding carboxylic acids is 1. The van der Waals surface area contributed by atoms with Crippen LogP contribution in [0.4, 0.5) is 0 Å². The normalized spacial score (nSPS) is 10.2. The zero-order chi connectivity index (χ0) is 10.8. The fraction of sp³-hybridized carbons (Fsp3) is 0.900. The summed E-state index contributed by atoms with van der Waals surface area (Å²) in [7, 11) is 1.85. The molecule has 0 saturated heterocycles. The highest BCUT2D eigenvalue weighted by Crippen LogP contribution is 2.01. The van der Waals surface area contributed by atoms with E-state index in [0.29, 0.717) is 6.42 Å². The third-order valence-electron chi connectivity index (χ3n) is 2.10. The molecule has 0 radical (unpaired) electrons. The van der Waals surface area contributed by atoms with Gasteiger partial charge < -0.3 is 10.0 Å². The molecule has 84 valence electrons. The van der Waals surface area contributed by atoms with Crippen molar-refractivity contribution in [2.24, 2.45) is 0 Å². The van der Waals surface area contributed by atoms with Crippen LogP contribution in [-0.2, 0) is 4.79 Å². The molecular weight excluding hydrogens is 198 g/mol. The highest BCUT2D eigenvalue weighted by Gasteiger charge is 2.06. The van der Waals surface area contributed by atoms with Crippen LogP contribution in [0.2, 0.25) is 0 Å². The maximum absolute atomic E-state index is 11.4. The summed E-state index contributed by atoms with van der Waals surface area (Å²) in [5.74, 6) is 1.13. The zero-order valence-electron chi connectivity index (χ0n) is 9.16. The highest BCUT2D eigenvalue weighted by molar-refractivity contribution is 7.98. The number of aliphatic hydroxyl groups excluding tert-OH is 1. The van der Waals surface area contributed by atoms with Gasteiger partial charge in [0.05, 0.1) is 0 Å². The van der Waals surface area contributed by atoms with Crippen LogP contribution in [0.3, 0.4) is 0 Å². The lowest BCUT2D eigenvalue weighted by Crippen LogP contribution is -2.27. The Morgan fingerprint density at radius 2 is 2.07 bits per heavy atom. The van der Waals surface area contributed by atoms with Gasteiger partial charge in [-0.3, -0.25) is 4.79 Å². The fourth-order valence-electron chi connectivity index (χ4n) is 1.14. The molecule has 3 nitrogen and oxygen atoms in total. The van der Waals surface area contributed by atoms with Crippen LogP contribution in [0.1, 0.15) is 25.7 Å². The molecule has 0 fully saturated rings. The first-order chi connectivity index (χ1) is 6.72. The number of hydrogen-bond donors (Lipinski definition) is 1. The van der Waals surface area contributed by atoms with Gasteiger partial charge in [-0.15, -0.1) is 0 Å². The van der Waals surface area contributed by atoms with Crippen LogP contribution in [0.5, 0.6) is 0 Å². The van der Waals surface area contributed by atoms with E-state index >= 15 is 0 Å². The van der Waals surface area contributed by atoms with E-state index in [1.54, 1.807) is 16.7 Å². The average molecular weight is 219 g/mol. The van der Waals surface area contributed by atoms with Crippen LogP contribution in [0, 0.1) is 0 Å². The van der Waals surface area contributed by atoms with Gasteiger partial charge in [-0.05, 0) is 25.5 Å². The van der Waals surface area contributed by atoms with Crippen molar-refractivity contribution in [1.82, 2.24) is 4.90 Å². The van der Waals surface area contributed by atoms with Crippen molar-refractivity contribution in [2.75, 3.05) is 32.2 Å². The number of carbonyl (C=O) groups is 1. The maximum atomic E-state index is 11.4. The van der Waals surface area contributed by atoms with Gasteiger partial charge in [0.1, 0.15) is 0 Å². The van der Waals surface area contributed by atoms with E-state index in [4.69, 9.17) is 5.11 Å². The molecule has 0 aliphatic heterocycles. The van der Waals surface area contributed by atoms with Gasteiger partial charge >= 0.3 is 0 Å². The number of hydrogen-bond acceptors (Lipinski definition) is 3. The average Bonchev–Trinajstić information content (AvgIpc) is 2.20. The zero-order valence-corrected chi connectivity index (χ0v) is 9.98. The Bertz CT molecular complexity index is 153. The third-order valence-corrected chi connectivity index (χ3v) is 2.71. The number of nitrogens with zero attached hydrogens (tertiary/aromatic N) is 1. The van der Waals surface area contributed by atoms with E-state index in [1.807, 2.05) is 13.3 Å². The molecular formula is C10H21NO2S. The van der Waals surface area contributed by atoms with E-state index in [9.17, 15) is 4.79 Å². The Balaban J connectivity index is 3.42. The molecule has 4 heteroatoms. The molecule has 0 aliphatic carbocycles. The quantitative estimate of drug-likeness (QED) is 0.627. The molecule has 0 rings (SSSR count). The Hall–Kier alpha value is -0.220. The van der Waals surface area contributed by atoms with Crippen molar-refractivity contribution in [3.8, 4) is 0 Å². The first-order valence-corrected chi connectivity index (χ1v) is 6.45. The topological polar surface area (TPSA) is 40.5 Å². The molecule has 0 aromatic rings. The van der Waals surface area contributed by atoms with Gasteiger partial charge in [0, 0.05) is 32.4 Å². The van der Waals surface area contributed by atoms with E-state index in [1.165, 1.54) is 0 Å². The summed E-state index contributed by atoms with van der Waals surface area (Å²) in [6, 6.07) is 0. The summed E-state index contributed by atoms with van der Waals surface area (Å²) >= 11 is 1.70. The largest absolute Gasteiger partial charge is 0.396 e. The molecule has 1 amide bonds. The molecule has 0 aromatic heterocycles. The number of thioether (sulfide) groups is 1. The standard InChI is InChI=1S/C10H21NO2S/c1-11(7-4-3-5-8-12)10(13)6-9-14-2/h12H,3-9H2,1-2H3. The van der Waals surface area contributed by atoms with Crippen LogP contribution < -0.4 is 0 Å². The van der Waals surface area contributed by atoms with E-state index < -0.39 is 0 Å². The predicted molar refractivity (Wildman–Crippen MR) is 61.6 cm³/mol. The lowest BCUT2D eigenvalue weighted by atomic mass is 10.2. The smallest absolute Gasteiger partial charge is 0.223 e. The second-order valence-electron chi connectivity index (χ2n) is 3.34. The van der Waals surface area contributed by atoms with Crippen LogP contribution in [0.15, 0.2) is 0 Å². The Kier molecular flexibility index (Phi) is 9.19. The first-order valence-electron chi connectivity index (χ1n) is 5.06. The van der Waals surface area contributed by atoms with Gasteiger partial charge in [0.25, 0.3) is 0 Å². The lowest BCUT2D eigenvalue weighted by molar-refractivity contribution is -0.129. The minimum atomic E-state index is 0.225. The Labute approximate surface area is 90.9 Å². The summed E-state index contributed by atoms with van der Waals surface area (Å²) in [5.41, 5.74) is 0. The van der Waals surface area contributed by atoms with Crippen molar-refractivity contribution >= 4 is 17.7 Å². The molecule has 0 aliphatic rings. The Morgan fingerprint density at radius 3 is 2.64 bits per heavy atom. The third kappa shape index (κ3) is 7.21. The van der Waals surface area contributed by atoms with Crippen molar-refractivity contribution in [2.45, 2.75) is 25.7 Å². The minimum Gasteiger partial charge on any atom is -0.396 e. The van der Waals surface area contributed by atoms with E-state index in [2.05, 4.69) is 0 Å². The SMILES string of the molecule is CSCCC(=O)N(C)CCCCCO. The molecule has 0 unspecified atom stereocenters. The summed E-state index contributed by atoms with van der Waals surface area (Å²) < 4.78 is 0. The molecule has 14 heavy (non-hydrogen) atoms. The van der Waals surface area contributed by atoms with Crippen LogP contribution >= 0.6 is 11.8 Å². The van der Waals surface area contributed by atoms with Crippen LogP contribution in [0.25, 0.3) is 0 Å². The molecule has 0 spiro atoms. The molecule has 1 N–H and O–H groups in total. The number of rotatable bonds is 8. The number of amides is 1. The second-order valence-corrected chi connectivity index (χ2v) is 4.33. The summed E-state index contributed by atoms with van der Waals surface area (Å²) in [6.07, 6.45) is 5.47. The van der Waals surface area contributed by atoms with Crippen LogP contribution in [-0.4, -0.2) is 48.1 Å². The molecule has 0 saturated carbocycles. The van der Waals surface area contributed by atoms with Crippen molar-refractivity contribution in [1.29, 1.82) is 0 Å². The van der Waals surface area contributed by atoms with Gasteiger partial charge in [-0.2, -0.15) is 11.8 Å². The maximum Gasteiger partial charge on any atom is 0.223 e. The second kappa shape index (κ2) is 9.34. The lowest BCUT2D eigenvalue weighted by Gasteiger charge is -2.16. The number of aliphatic hydroxyl groups is 1. The predicted octanol–water partition coefficient (Wildman–Crippen LogP) is 1.36. The summed E-state index contributed by atoms with van der Waals surface area (Å²) in [5, 5.41) is 8.57. The fourth-order valence-corrected chi connectivity index (χ4v) is 1.52. The highest BCUT2D eigenvalue weighted by atomic mass is 32.2. The van der Waals surface area contributed by atoms with Gasteiger partial charge in [0.2, 0.25) is 5.91 Å².